The molecule has 0 saturated heterocycles. The minimum absolute atomic E-state index is 0.114. The first-order chi connectivity index (χ1) is 9.80. The summed E-state index contributed by atoms with van der Waals surface area (Å²) in [5, 5.41) is 0. The fourth-order valence-corrected chi connectivity index (χ4v) is 2.55. The van der Waals surface area contributed by atoms with Crippen LogP contribution >= 0.6 is 0 Å². The molecule has 0 aliphatic heterocycles. The molecule has 0 fully saturated rings. The van der Waals surface area contributed by atoms with Gasteiger partial charge in [-0.1, -0.05) is 37.3 Å². The summed E-state index contributed by atoms with van der Waals surface area (Å²) in [6.07, 6.45) is -4.27. The van der Waals surface area contributed by atoms with Gasteiger partial charge < -0.3 is 5.73 Å². The lowest BCUT2D eigenvalue weighted by molar-refractivity contribution is -0.136. The summed E-state index contributed by atoms with van der Waals surface area (Å²) in [5.41, 5.74) is 6.61. The van der Waals surface area contributed by atoms with Crippen LogP contribution in [0.25, 0.3) is 0 Å². The van der Waals surface area contributed by atoms with Gasteiger partial charge in [-0.2, -0.15) is 13.2 Å². The first-order valence-corrected chi connectivity index (χ1v) is 7.36. The van der Waals surface area contributed by atoms with E-state index in [1.807, 2.05) is 44.2 Å². The molecule has 1 aromatic rings. The zero-order valence-corrected chi connectivity index (χ0v) is 12.8. The van der Waals surface area contributed by atoms with Gasteiger partial charge in [0.25, 0.3) is 0 Å². The molecule has 2 nitrogen and oxygen atoms in total. The maximum atomic E-state index is 12.3. The molecule has 0 bridgehead atoms. The predicted molar refractivity (Wildman–Crippen MR) is 79.9 cm³/mol. The van der Waals surface area contributed by atoms with Crippen molar-refractivity contribution in [1.29, 1.82) is 0 Å². The highest BCUT2D eigenvalue weighted by molar-refractivity contribution is 5.15. The van der Waals surface area contributed by atoms with Gasteiger partial charge in [0, 0.05) is 25.0 Å². The summed E-state index contributed by atoms with van der Waals surface area (Å²) in [4.78, 5) is 2.17. The van der Waals surface area contributed by atoms with Crippen molar-refractivity contribution in [3.05, 3.63) is 35.9 Å². The van der Waals surface area contributed by atoms with Crippen LogP contribution in [-0.2, 0) is 6.54 Å². The average Bonchev–Trinajstić information content (AvgIpc) is 2.44. The summed E-state index contributed by atoms with van der Waals surface area (Å²) >= 11 is 0. The Morgan fingerprint density at radius 2 is 1.71 bits per heavy atom. The number of rotatable bonds is 8. The van der Waals surface area contributed by atoms with Crippen molar-refractivity contribution < 1.29 is 13.2 Å². The van der Waals surface area contributed by atoms with Crippen LogP contribution in [0.2, 0.25) is 0 Å². The van der Waals surface area contributed by atoms with Crippen LogP contribution in [0.1, 0.15) is 38.7 Å². The number of likely N-dealkylation sites (N-methyl/N-ethyl adjacent to an activating group) is 1. The molecule has 1 atom stereocenters. The number of nitrogens with two attached hydrogens (primary N) is 1. The quantitative estimate of drug-likeness (QED) is 0.787. The van der Waals surface area contributed by atoms with Crippen LogP contribution in [0.4, 0.5) is 13.2 Å². The van der Waals surface area contributed by atoms with E-state index in [4.69, 9.17) is 5.73 Å². The van der Waals surface area contributed by atoms with E-state index in [0.717, 1.165) is 12.1 Å². The molecule has 21 heavy (non-hydrogen) atoms. The molecule has 0 saturated carbocycles. The number of benzene rings is 1. The number of alkyl halides is 3. The summed E-state index contributed by atoms with van der Waals surface area (Å²) in [7, 11) is 0. The summed E-state index contributed by atoms with van der Waals surface area (Å²) in [5.74, 6) is 0. The number of halogens is 3. The second-order valence-corrected chi connectivity index (χ2v) is 5.67. The molecular formula is C16H25F3N2. The van der Waals surface area contributed by atoms with Crippen molar-refractivity contribution in [3.8, 4) is 0 Å². The highest BCUT2D eigenvalue weighted by Crippen LogP contribution is 2.28. The van der Waals surface area contributed by atoms with Crippen molar-refractivity contribution >= 4 is 0 Å². The molecule has 0 amide bonds. The number of hydrogen-bond acceptors (Lipinski definition) is 2. The van der Waals surface area contributed by atoms with Crippen LogP contribution < -0.4 is 5.73 Å². The Labute approximate surface area is 125 Å². The Morgan fingerprint density at radius 1 is 1.10 bits per heavy atom. The van der Waals surface area contributed by atoms with E-state index in [1.54, 1.807) is 0 Å². The van der Waals surface area contributed by atoms with E-state index >= 15 is 0 Å². The topological polar surface area (TPSA) is 29.3 Å². The summed E-state index contributed by atoms with van der Waals surface area (Å²) in [6.45, 7) is 5.79. The fourth-order valence-electron chi connectivity index (χ4n) is 2.55. The highest BCUT2D eigenvalue weighted by Gasteiger charge is 2.32. The van der Waals surface area contributed by atoms with Gasteiger partial charge in [-0.25, -0.2) is 0 Å². The van der Waals surface area contributed by atoms with Crippen LogP contribution in [0.5, 0.6) is 0 Å². The number of nitrogens with zero attached hydrogens (tertiary/aromatic N) is 1. The third kappa shape index (κ3) is 6.06. The molecule has 120 valence electrons. The van der Waals surface area contributed by atoms with Crippen molar-refractivity contribution in [3.63, 3.8) is 0 Å². The monoisotopic (exact) mass is 302 g/mol. The highest BCUT2D eigenvalue weighted by atomic mass is 19.4. The molecule has 0 radical (unpaired) electrons. The average molecular weight is 302 g/mol. The van der Waals surface area contributed by atoms with Gasteiger partial charge >= 0.3 is 6.18 Å². The van der Waals surface area contributed by atoms with Gasteiger partial charge in [0.1, 0.15) is 0 Å². The first kappa shape index (κ1) is 18.0. The van der Waals surface area contributed by atoms with Crippen molar-refractivity contribution in [2.45, 2.75) is 51.4 Å². The lowest BCUT2D eigenvalue weighted by Crippen LogP contribution is -2.51. The standard InChI is InChI=1S/C16H25F3N2/c1-3-21(12-14-8-5-4-6-9-14)15(2,13-20)10-7-11-16(17,18)19/h4-6,8-9H,3,7,10-13,20H2,1-2H3. The summed E-state index contributed by atoms with van der Waals surface area (Å²) in [6, 6.07) is 9.93. The molecule has 1 aromatic carbocycles. The molecule has 0 aromatic heterocycles. The van der Waals surface area contributed by atoms with Crippen LogP contribution in [0.3, 0.4) is 0 Å². The zero-order valence-electron chi connectivity index (χ0n) is 12.8. The van der Waals surface area contributed by atoms with Crippen molar-refractivity contribution in [2.75, 3.05) is 13.1 Å². The number of hydrogen-bond donors (Lipinski definition) is 1. The molecule has 2 N–H and O–H groups in total. The summed E-state index contributed by atoms with van der Waals surface area (Å²) < 4.78 is 37.0. The molecule has 0 aliphatic carbocycles. The third-order valence-electron chi connectivity index (χ3n) is 3.98. The molecule has 1 rings (SSSR count). The van der Waals surface area contributed by atoms with E-state index in [0.29, 0.717) is 19.5 Å². The normalized spacial score (nSPS) is 15.2. The van der Waals surface area contributed by atoms with E-state index in [1.165, 1.54) is 0 Å². The third-order valence-corrected chi connectivity index (χ3v) is 3.98. The Hall–Kier alpha value is -1.07. The largest absolute Gasteiger partial charge is 0.389 e. The van der Waals surface area contributed by atoms with Gasteiger partial charge in [-0.3, -0.25) is 4.90 Å². The smallest absolute Gasteiger partial charge is 0.329 e. The Morgan fingerprint density at radius 3 is 2.19 bits per heavy atom. The Kier molecular flexibility index (Phi) is 6.68. The fraction of sp³-hybridized carbons (Fsp3) is 0.625. The van der Waals surface area contributed by atoms with Gasteiger partial charge in [-0.15, -0.1) is 0 Å². The molecule has 0 aliphatic rings. The zero-order chi connectivity index (χ0) is 15.9. The van der Waals surface area contributed by atoms with Gasteiger partial charge in [0.2, 0.25) is 0 Å². The van der Waals surface area contributed by atoms with E-state index in [2.05, 4.69) is 4.90 Å². The van der Waals surface area contributed by atoms with Crippen LogP contribution in [0, 0.1) is 0 Å². The molecule has 5 heteroatoms. The Balaban J connectivity index is 2.68. The van der Waals surface area contributed by atoms with Crippen molar-refractivity contribution in [2.24, 2.45) is 5.73 Å². The van der Waals surface area contributed by atoms with Gasteiger partial charge in [-0.05, 0) is 31.9 Å². The Bertz CT molecular complexity index is 406. The lowest BCUT2D eigenvalue weighted by Gasteiger charge is -2.40. The van der Waals surface area contributed by atoms with Crippen LogP contribution in [0.15, 0.2) is 30.3 Å². The predicted octanol–water partition coefficient (Wildman–Crippen LogP) is 3.96. The van der Waals surface area contributed by atoms with E-state index in [-0.39, 0.29) is 6.42 Å². The SMILES string of the molecule is CCN(Cc1ccccc1)C(C)(CN)CCCC(F)(F)F. The molecule has 1 unspecified atom stereocenters. The molecule has 0 heterocycles. The van der Waals surface area contributed by atoms with Gasteiger partial charge in [0.15, 0.2) is 0 Å². The second kappa shape index (κ2) is 7.80. The minimum Gasteiger partial charge on any atom is -0.329 e. The van der Waals surface area contributed by atoms with Crippen molar-refractivity contribution in [1.82, 2.24) is 4.90 Å². The van der Waals surface area contributed by atoms with E-state index in [9.17, 15) is 13.2 Å². The maximum absolute atomic E-state index is 12.3. The minimum atomic E-state index is -4.09. The maximum Gasteiger partial charge on any atom is 0.389 e. The first-order valence-electron chi connectivity index (χ1n) is 7.36. The van der Waals surface area contributed by atoms with Gasteiger partial charge in [0.05, 0.1) is 0 Å². The van der Waals surface area contributed by atoms with E-state index < -0.39 is 18.1 Å². The second-order valence-electron chi connectivity index (χ2n) is 5.67. The molecule has 0 spiro atoms. The lowest BCUT2D eigenvalue weighted by atomic mass is 9.92. The molecular weight excluding hydrogens is 277 g/mol. The van der Waals surface area contributed by atoms with Crippen LogP contribution in [-0.4, -0.2) is 29.7 Å².